The van der Waals surface area contributed by atoms with Crippen LogP contribution < -0.4 is 15.5 Å². The van der Waals surface area contributed by atoms with Gasteiger partial charge in [0.1, 0.15) is 5.82 Å². The van der Waals surface area contributed by atoms with E-state index in [-0.39, 0.29) is 11.9 Å². The van der Waals surface area contributed by atoms with Crippen molar-refractivity contribution < 1.29 is 4.79 Å². The largest absolute Gasteiger partial charge is 0.354 e. The van der Waals surface area contributed by atoms with Crippen LogP contribution in [0, 0.1) is 18.3 Å². The number of anilines is 3. The summed E-state index contributed by atoms with van der Waals surface area (Å²) in [7, 11) is 0. The summed E-state index contributed by atoms with van der Waals surface area (Å²) in [6, 6.07) is 10.1. The maximum Gasteiger partial charge on any atom is 0.229 e. The minimum absolute atomic E-state index is 0.00167. The van der Waals surface area contributed by atoms with Crippen molar-refractivity contribution in [3.05, 3.63) is 41.1 Å². The molecule has 1 amide bonds. The van der Waals surface area contributed by atoms with Crippen LogP contribution in [0.1, 0.15) is 49.9 Å². The quantitative estimate of drug-likeness (QED) is 0.749. The Morgan fingerprint density at radius 2 is 2.17 bits per heavy atom. The smallest absolute Gasteiger partial charge is 0.229 e. The molecule has 7 heteroatoms. The highest BCUT2D eigenvalue weighted by Crippen LogP contribution is 2.24. The zero-order chi connectivity index (χ0) is 20.8. The van der Waals surface area contributed by atoms with Crippen molar-refractivity contribution in [1.82, 2.24) is 15.3 Å². The zero-order valence-corrected chi connectivity index (χ0v) is 17.3. The molecule has 1 saturated heterocycles. The van der Waals surface area contributed by atoms with Crippen LogP contribution in [0.5, 0.6) is 0 Å². The van der Waals surface area contributed by atoms with E-state index >= 15 is 0 Å². The van der Waals surface area contributed by atoms with Crippen LogP contribution in [0.4, 0.5) is 17.5 Å². The highest BCUT2D eigenvalue weighted by Gasteiger charge is 2.24. The highest BCUT2D eigenvalue weighted by atomic mass is 16.1. The van der Waals surface area contributed by atoms with Crippen LogP contribution in [0.25, 0.3) is 0 Å². The van der Waals surface area contributed by atoms with E-state index in [1.54, 1.807) is 6.92 Å². The molecule has 1 aromatic carbocycles. The van der Waals surface area contributed by atoms with Crippen molar-refractivity contribution in [2.45, 2.75) is 52.5 Å². The third-order valence-corrected chi connectivity index (χ3v) is 5.09. The second-order valence-corrected chi connectivity index (χ2v) is 7.54. The van der Waals surface area contributed by atoms with Gasteiger partial charge in [-0.1, -0.05) is 19.4 Å². The second-order valence-electron chi connectivity index (χ2n) is 7.54. The summed E-state index contributed by atoms with van der Waals surface area (Å²) in [5.41, 5.74) is 3.37. The van der Waals surface area contributed by atoms with Gasteiger partial charge in [0.05, 0.1) is 11.6 Å². The minimum atomic E-state index is -0.00167. The lowest BCUT2D eigenvalue weighted by atomic mass is 10.1. The van der Waals surface area contributed by atoms with Crippen LogP contribution in [-0.4, -0.2) is 35.0 Å². The summed E-state index contributed by atoms with van der Waals surface area (Å²) in [6.45, 7) is 7.22. The predicted molar refractivity (Wildman–Crippen MR) is 114 cm³/mol. The maximum absolute atomic E-state index is 11.4. The average molecular weight is 393 g/mol. The number of carbonyl (C=O) groups is 1. The normalized spacial score (nSPS) is 15.8. The number of aryl methyl sites for hydroxylation is 2. The maximum atomic E-state index is 11.4. The Morgan fingerprint density at radius 1 is 1.34 bits per heavy atom. The summed E-state index contributed by atoms with van der Waals surface area (Å²) < 4.78 is 0. The molecule has 1 unspecified atom stereocenters. The second kappa shape index (κ2) is 9.37. The van der Waals surface area contributed by atoms with Crippen LogP contribution in [-0.2, 0) is 11.2 Å². The van der Waals surface area contributed by atoms with Crippen molar-refractivity contribution in [2.24, 2.45) is 0 Å². The Kier molecular flexibility index (Phi) is 6.65. The first-order valence-electron chi connectivity index (χ1n) is 10.2. The van der Waals surface area contributed by atoms with E-state index in [9.17, 15) is 10.1 Å². The Hall–Kier alpha value is -3.14. The van der Waals surface area contributed by atoms with E-state index in [0.717, 1.165) is 61.5 Å². The first-order chi connectivity index (χ1) is 14.0. The fraction of sp³-hybridized carbons (Fsp3) is 0.455. The first-order valence-corrected chi connectivity index (χ1v) is 10.2. The molecule has 1 atom stereocenters. The summed E-state index contributed by atoms with van der Waals surface area (Å²) in [4.78, 5) is 23.0. The van der Waals surface area contributed by atoms with E-state index in [1.807, 2.05) is 31.2 Å². The topological polar surface area (TPSA) is 93.9 Å². The van der Waals surface area contributed by atoms with Gasteiger partial charge in [0, 0.05) is 43.5 Å². The van der Waals surface area contributed by atoms with Gasteiger partial charge in [-0.2, -0.15) is 10.2 Å². The third kappa shape index (κ3) is 5.44. The summed E-state index contributed by atoms with van der Waals surface area (Å²) in [5, 5.41) is 15.5. The molecule has 2 aromatic rings. The molecule has 1 fully saturated rings. The Bertz CT molecular complexity index is 920. The molecule has 7 nitrogen and oxygen atoms in total. The van der Waals surface area contributed by atoms with E-state index in [1.165, 1.54) is 0 Å². The fourth-order valence-electron chi connectivity index (χ4n) is 3.51. The Balaban J connectivity index is 1.84. The monoisotopic (exact) mass is 392 g/mol. The number of nitrogens with zero attached hydrogens (tertiary/aromatic N) is 4. The number of carbonyl (C=O) groups excluding carboxylic acids is 1. The van der Waals surface area contributed by atoms with E-state index in [2.05, 4.69) is 33.5 Å². The number of nitrogens with one attached hydrogen (secondary N) is 2. The van der Waals surface area contributed by atoms with Crippen molar-refractivity contribution in [3.63, 3.8) is 0 Å². The molecule has 1 aliphatic rings. The SMILES string of the molecule is CCCCc1cc(N2CCC(NC(C)=O)C2)nc(Nc2ccc(C)c(C#N)c2)n1. The van der Waals surface area contributed by atoms with Gasteiger partial charge < -0.3 is 15.5 Å². The molecule has 3 rings (SSSR count). The van der Waals surface area contributed by atoms with Gasteiger partial charge >= 0.3 is 0 Å². The van der Waals surface area contributed by atoms with Crippen molar-refractivity contribution in [3.8, 4) is 6.07 Å². The van der Waals surface area contributed by atoms with Gasteiger partial charge in [-0.15, -0.1) is 0 Å². The highest BCUT2D eigenvalue weighted by molar-refractivity contribution is 5.73. The Morgan fingerprint density at radius 3 is 2.90 bits per heavy atom. The number of aromatic nitrogens is 2. The minimum Gasteiger partial charge on any atom is -0.354 e. The summed E-state index contributed by atoms with van der Waals surface area (Å²) in [6.07, 6.45) is 3.95. The molecule has 152 valence electrons. The molecule has 0 bridgehead atoms. The molecule has 29 heavy (non-hydrogen) atoms. The van der Waals surface area contributed by atoms with Gasteiger partial charge in [-0.05, 0) is 43.9 Å². The molecule has 0 saturated carbocycles. The van der Waals surface area contributed by atoms with Gasteiger partial charge in [0.15, 0.2) is 0 Å². The number of amides is 1. The fourth-order valence-corrected chi connectivity index (χ4v) is 3.51. The first kappa shape index (κ1) is 20.6. The van der Waals surface area contributed by atoms with Gasteiger partial charge in [0.25, 0.3) is 0 Å². The molecule has 0 radical (unpaired) electrons. The van der Waals surface area contributed by atoms with E-state index in [4.69, 9.17) is 4.98 Å². The Labute approximate surface area is 172 Å². The third-order valence-electron chi connectivity index (χ3n) is 5.09. The van der Waals surface area contributed by atoms with Gasteiger partial charge in [-0.25, -0.2) is 4.98 Å². The number of rotatable bonds is 7. The number of unbranched alkanes of at least 4 members (excludes halogenated alkanes) is 1. The predicted octanol–water partition coefficient (Wildman–Crippen LogP) is 3.46. The molecular weight excluding hydrogens is 364 g/mol. The van der Waals surface area contributed by atoms with Gasteiger partial charge in [0.2, 0.25) is 11.9 Å². The number of benzene rings is 1. The summed E-state index contributed by atoms with van der Waals surface area (Å²) in [5.74, 6) is 1.40. The van der Waals surface area contributed by atoms with E-state index < -0.39 is 0 Å². The molecule has 2 heterocycles. The molecule has 1 aromatic heterocycles. The molecule has 2 N–H and O–H groups in total. The lowest BCUT2D eigenvalue weighted by Gasteiger charge is -2.19. The molecule has 0 spiro atoms. The van der Waals surface area contributed by atoms with Crippen molar-refractivity contribution >= 4 is 23.4 Å². The van der Waals surface area contributed by atoms with Crippen LogP contribution in [0.2, 0.25) is 0 Å². The van der Waals surface area contributed by atoms with Crippen molar-refractivity contribution in [2.75, 3.05) is 23.3 Å². The number of nitriles is 1. The molecule has 0 aliphatic carbocycles. The zero-order valence-electron chi connectivity index (χ0n) is 17.3. The van der Waals surface area contributed by atoms with Crippen LogP contribution in [0.15, 0.2) is 24.3 Å². The summed E-state index contributed by atoms with van der Waals surface area (Å²) >= 11 is 0. The van der Waals surface area contributed by atoms with Crippen LogP contribution >= 0.6 is 0 Å². The average Bonchev–Trinajstić information content (AvgIpc) is 3.15. The molecular formula is C22H28N6O. The number of hydrogen-bond donors (Lipinski definition) is 2. The van der Waals surface area contributed by atoms with Gasteiger partial charge in [-0.3, -0.25) is 4.79 Å². The molecule has 1 aliphatic heterocycles. The standard InChI is InChI=1S/C22H28N6O/c1-4-5-6-18-12-21(28-10-9-20(14-28)24-16(3)29)27-22(25-18)26-19-8-7-15(2)17(11-19)13-23/h7-8,11-12,20H,4-6,9-10,14H2,1-3H3,(H,24,29)(H,25,26,27). The van der Waals surface area contributed by atoms with Crippen LogP contribution in [0.3, 0.4) is 0 Å². The lowest BCUT2D eigenvalue weighted by Crippen LogP contribution is -2.35. The van der Waals surface area contributed by atoms with Crippen molar-refractivity contribution in [1.29, 1.82) is 5.26 Å². The number of hydrogen-bond acceptors (Lipinski definition) is 6. The van der Waals surface area contributed by atoms with E-state index in [0.29, 0.717) is 11.5 Å². The lowest BCUT2D eigenvalue weighted by molar-refractivity contribution is -0.119.